The molecule has 1 aliphatic heterocycles. The van der Waals surface area contributed by atoms with Crippen LogP contribution < -0.4 is 0 Å². The highest BCUT2D eigenvalue weighted by Gasteiger charge is 2.44. The van der Waals surface area contributed by atoms with Crippen molar-refractivity contribution < 1.29 is 4.79 Å². The van der Waals surface area contributed by atoms with E-state index in [0.717, 1.165) is 37.5 Å². The molecule has 5 rings (SSSR count). The first-order valence-electron chi connectivity index (χ1n) is 8.46. The first kappa shape index (κ1) is 16.0. The van der Waals surface area contributed by atoms with Gasteiger partial charge in [0.1, 0.15) is 0 Å². The van der Waals surface area contributed by atoms with Gasteiger partial charge < -0.3 is 0 Å². The molecule has 1 heterocycles. The fourth-order valence-electron chi connectivity index (χ4n) is 3.69. The summed E-state index contributed by atoms with van der Waals surface area (Å²) in [6.45, 7) is 0. The van der Waals surface area contributed by atoms with Crippen LogP contribution in [-0.2, 0) is 0 Å². The smallest absolute Gasteiger partial charge is 0.174 e. The van der Waals surface area contributed by atoms with Crippen molar-refractivity contribution in [3.63, 3.8) is 0 Å². The molecule has 0 saturated carbocycles. The van der Waals surface area contributed by atoms with Crippen molar-refractivity contribution in [3.8, 4) is 0 Å². The third-order valence-corrected chi connectivity index (χ3v) is 6.83. The molecule has 3 aromatic carbocycles. The van der Waals surface area contributed by atoms with E-state index in [1.165, 1.54) is 0 Å². The quantitative estimate of drug-likeness (QED) is 0.467. The number of nitrogens with zero attached hydrogens (tertiary/aromatic N) is 1. The highest BCUT2D eigenvalue weighted by molar-refractivity contribution is 9.10. The molecule has 26 heavy (non-hydrogen) atoms. The molecule has 0 fully saturated rings. The summed E-state index contributed by atoms with van der Waals surface area (Å²) in [6.07, 6.45) is 0. The number of ketones is 1. The number of benzene rings is 3. The van der Waals surface area contributed by atoms with Gasteiger partial charge in [0.2, 0.25) is 0 Å². The lowest BCUT2D eigenvalue weighted by Gasteiger charge is -2.21. The molecule has 0 spiro atoms. The SMILES string of the molecule is O=C1c2ccccc2C2=Nc3ccccc3S[C@@H](c3ccc(Br)cc3)C12. The van der Waals surface area contributed by atoms with Gasteiger partial charge in [0.05, 0.1) is 22.6 Å². The number of hydrogen-bond donors (Lipinski definition) is 0. The molecule has 0 amide bonds. The minimum atomic E-state index is -0.258. The van der Waals surface area contributed by atoms with Crippen molar-refractivity contribution in [2.24, 2.45) is 10.9 Å². The molecule has 4 heteroatoms. The van der Waals surface area contributed by atoms with Gasteiger partial charge in [0, 0.05) is 20.5 Å². The summed E-state index contributed by atoms with van der Waals surface area (Å²) < 4.78 is 1.04. The van der Waals surface area contributed by atoms with E-state index in [2.05, 4.69) is 34.1 Å². The van der Waals surface area contributed by atoms with E-state index < -0.39 is 0 Å². The van der Waals surface area contributed by atoms with Crippen LogP contribution >= 0.6 is 27.7 Å². The molecular weight excluding hydrogens is 406 g/mol. The third-order valence-electron chi connectivity index (χ3n) is 4.91. The number of carbonyl (C=O) groups is 1. The lowest BCUT2D eigenvalue weighted by molar-refractivity contribution is 0.0960. The number of carbonyl (C=O) groups excluding carboxylic acids is 1. The Bertz CT molecular complexity index is 1060. The molecular formula is C22H14BrNOS. The Hall–Kier alpha value is -2.17. The molecule has 2 nitrogen and oxygen atoms in total. The zero-order valence-corrected chi connectivity index (χ0v) is 16.1. The molecule has 3 aromatic rings. The van der Waals surface area contributed by atoms with Crippen LogP contribution in [0, 0.1) is 5.92 Å². The number of para-hydroxylation sites is 1. The zero-order chi connectivity index (χ0) is 17.7. The van der Waals surface area contributed by atoms with Crippen molar-refractivity contribution in [2.75, 3.05) is 0 Å². The number of rotatable bonds is 1. The topological polar surface area (TPSA) is 29.4 Å². The number of Topliss-reactive ketones (excluding diaryl/α,β-unsaturated/α-hetero) is 1. The standard InChI is InChI=1S/C22H14BrNOS/c23-14-11-9-13(10-12-14)22-19-20(15-5-1-2-6-16(15)21(19)25)24-17-7-3-4-8-18(17)26-22/h1-12,19,22H/t19?,22-/m0/s1. The molecule has 2 aliphatic rings. The molecule has 0 N–H and O–H groups in total. The number of fused-ring (bicyclic) bond motifs is 4. The van der Waals surface area contributed by atoms with Crippen LogP contribution in [0.3, 0.4) is 0 Å². The first-order chi connectivity index (χ1) is 12.7. The monoisotopic (exact) mass is 419 g/mol. The van der Waals surface area contributed by atoms with E-state index >= 15 is 0 Å². The van der Waals surface area contributed by atoms with Gasteiger partial charge in [0.25, 0.3) is 0 Å². The summed E-state index contributed by atoms with van der Waals surface area (Å²) >= 11 is 5.24. The summed E-state index contributed by atoms with van der Waals surface area (Å²) in [4.78, 5) is 19.4. The van der Waals surface area contributed by atoms with Crippen LogP contribution in [0.4, 0.5) is 5.69 Å². The van der Waals surface area contributed by atoms with Crippen molar-refractivity contribution in [1.82, 2.24) is 0 Å². The molecule has 0 aromatic heterocycles. The summed E-state index contributed by atoms with van der Waals surface area (Å²) in [6, 6.07) is 24.3. The highest BCUT2D eigenvalue weighted by Crippen LogP contribution is 2.51. The Kier molecular flexibility index (Phi) is 3.84. The third kappa shape index (κ3) is 2.48. The zero-order valence-electron chi connectivity index (χ0n) is 13.7. The van der Waals surface area contributed by atoms with Crippen LogP contribution in [0.1, 0.15) is 26.7 Å². The minimum absolute atomic E-state index is 0.00500. The fraction of sp³-hybridized carbons (Fsp3) is 0.0909. The maximum absolute atomic E-state index is 13.3. The van der Waals surface area contributed by atoms with Gasteiger partial charge in [-0.2, -0.15) is 0 Å². The molecule has 0 saturated heterocycles. The van der Waals surface area contributed by atoms with Gasteiger partial charge >= 0.3 is 0 Å². The Morgan fingerprint density at radius 3 is 2.35 bits per heavy atom. The highest BCUT2D eigenvalue weighted by atomic mass is 79.9. The van der Waals surface area contributed by atoms with E-state index in [9.17, 15) is 4.79 Å². The van der Waals surface area contributed by atoms with E-state index in [1.54, 1.807) is 11.8 Å². The van der Waals surface area contributed by atoms with Crippen molar-refractivity contribution >= 4 is 44.9 Å². The van der Waals surface area contributed by atoms with Crippen LogP contribution in [0.15, 0.2) is 87.2 Å². The van der Waals surface area contributed by atoms with Crippen LogP contribution in [0.2, 0.25) is 0 Å². The Morgan fingerprint density at radius 2 is 1.54 bits per heavy atom. The van der Waals surface area contributed by atoms with Crippen molar-refractivity contribution in [3.05, 3.63) is 94.0 Å². The Labute approximate surface area is 164 Å². The normalized spacial score (nSPS) is 20.7. The maximum Gasteiger partial charge on any atom is 0.174 e. The average Bonchev–Trinajstić information content (AvgIpc) is 2.84. The van der Waals surface area contributed by atoms with Gasteiger partial charge in [-0.25, -0.2) is 0 Å². The predicted molar refractivity (Wildman–Crippen MR) is 110 cm³/mol. The van der Waals surface area contributed by atoms with E-state index in [4.69, 9.17) is 4.99 Å². The molecule has 0 bridgehead atoms. The number of aliphatic imine (C=N–C) groups is 1. The Balaban J connectivity index is 1.75. The second-order valence-electron chi connectivity index (χ2n) is 6.44. The van der Waals surface area contributed by atoms with Crippen LogP contribution in [0.25, 0.3) is 0 Å². The molecule has 2 atom stereocenters. The Morgan fingerprint density at radius 1 is 0.846 bits per heavy atom. The lowest BCUT2D eigenvalue weighted by Crippen LogP contribution is -2.21. The van der Waals surface area contributed by atoms with Crippen LogP contribution in [0.5, 0.6) is 0 Å². The first-order valence-corrected chi connectivity index (χ1v) is 10.1. The fourth-order valence-corrected chi connectivity index (χ4v) is 5.30. The van der Waals surface area contributed by atoms with Gasteiger partial charge in [0.15, 0.2) is 5.78 Å². The average molecular weight is 420 g/mol. The second-order valence-corrected chi connectivity index (χ2v) is 8.54. The van der Waals surface area contributed by atoms with Crippen molar-refractivity contribution in [2.45, 2.75) is 10.1 Å². The van der Waals surface area contributed by atoms with Crippen molar-refractivity contribution in [1.29, 1.82) is 0 Å². The van der Waals surface area contributed by atoms with Gasteiger partial charge in [-0.1, -0.05) is 64.5 Å². The molecule has 1 unspecified atom stereocenters. The number of halogens is 1. The predicted octanol–water partition coefficient (Wildman–Crippen LogP) is 6.23. The summed E-state index contributed by atoms with van der Waals surface area (Å²) in [5, 5.41) is 0.00500. The number of hydrogen-bond acceptors (Lipinski definition) is 3. The second kappa shape index (κ2) is 6.22. The summed E-state index contributed by atoms with van der Waals surface area (Å²) in [7, 11) is 0. The lowest BCUT2D eigenvalue weighted by atomic mass is 9.93. The largest absolute Gasteiger partial charge is 0.293 e. The van der Waals surface area contributed by atoms with E-state index in [-0.39, 0.29) is 17.0 Å². The summed E-state index contributed by atoms with van der Waals surface area (Å²) in [5.41, 5.74) is 4.76. The van der Waals surface area contributed by atoms with E-state index in [1.807, 2.05) is 54.6 Å². The number of thioether (sulfide) groups is 1. The molecule has 1 aliphatic carbocycles. The van der Waals surface area contributed by atoms with Crippen LogP contribution in [-0.4, -0.2) is 11.5 Å². The summed E-state index contributed by atoms with van der Waals surface area (Å²) in [5.74, 6) is -0.0847. The molecule has 126 valence electrons. The minimum Gasteiger partial charge on any atom is -0.293 e. The maximum atomic E-state index is 13.3. The molecule has 0 radical (unpaired) electrons. The van der Waals surface area contributed by atoms with Gasteiger partial charge in [-0.05, 0) is 29.8 Å². The van der Waals surface area contributed by atoms with Gasteiger partial charge in [-0.3, -0.25) is 9.79 Å². The van der Waals surface area contributed by atoms with E-state index in [0.29, 0.717) is 0 Å². The van der Waals surface area contributed by atoms with Gasteiger partial charge in [-0.15, -0.1) is 11.8 Å².